The molecule has 2 aromatic carbocycles. The van der Waals surface area contributed by atoms with Crippen LogP contribution in [0, 0.1) is 12.1 Å². The van der Waals surface area contributed by atoms with E-state index in [-0.39, 0.29) is 21.1 Å². The van der Waals surface area contributed by atoms with Crippen molar-refractivity contribution in [1.29, 1.82) is 0 Å². The van der Waals surface area contributed by atoms with Gasteiger partial charge in [-0.1, -0.05) is 23.6 Å². The monoisotopic (exact) mass is 494 g/mol. The Labute approximate surface area is 157 Å². The van der Waals surface area contributed by atoms with Crippen molar-refractivity contribution in [1.82, 2.24) is 4.90 Å². The van der Waals surface area contributed by atoms with Crippen LogP contribution in [0.5, 0.6) is 0 Å². The van der Waals surface area contributed by atoms with Crippen LogP contribution in [-0.2, 0) is 32.2 Å². The molecule has 1 aliphatic rings. The number of ether oxygens (including phenoxy) is 1. The Morgan fingerprint density at radius 1 is 1.13 bits per heavy atom. The van der Waals surface area contributed by atoms with Crippen LogP contribution in [-0.4, -0.2) is 36.2 Å². The predicted molar refractivity (Wildman–Crippen MR) is 92.5 cm³/mol. The molecule has 0 aliphatic carbocycles. The number of nitrogens with one attached hydrogen (secondary N) is 1. The van der Waals surface area contributed by atoms with E-state index in [1.165, 1.54) is 5.56 Å². The maximum atomic E-state index is 5.56. The maximum absolute atomic E-state index is 5.56. The molecule has 0 spiro atoms. The van der Waals surface area contributed by atoms with Gasteiger partial charge >= 0.3 is 21.1 Å². The average molecular weight is 494 g/mol. The minimum atomic E-state index is 0. The van der Waals surface area contributed by atoms with Crippen molar-refractivity contribution in [3.05, 3.63) is 60.2 Å². The summed E-state index contributed by atoms with van der Waals surface area (Å²) < 4.78 is 5.37. The number of thiocarbonyl (C=S) groups is 1. The van der Waals surface area contributed by atoms with E-state index in [1.54, 1.807) is 0 Å². The molecule has 118 valence electrons. The van der Waals surface area contributed by atoms with Crippen LogP contribution in [0.4, 0.5) is 11.4 Å². The van der Waals surface area contributed by atoms with Crippen molar-refractivity contribution in [3.63, 3.8) is 0 Å². The van der Waals surface area contributed by atoms with E-state index in [0.717, 1.165) is 49.1 Å². The van der Waals surface area contributed by atoms with Crippen LogP contribution in [0.2, 0.25) is 0 Å². The molecule has 3 nitrogen and oxygen atoms in total. The van der Waals surface area contributed by atoms with Gasteiger partial charge in [0.15, 0.2) is 0 Å². The van der Waals surface area contributed by atoms with Gasteiger partial charge < -0.3 is 15.0 Å². The van der Waals surface area contributed by atoms with Gasteiger partial charge in [-0.25, -0.2) is 0 Å². The normalized spacial score (nSPS) is 14.0. The second-order valence-electron chi connectivity index (χ2n) is 5.18. The number of morpholine rings is 1. The first kappa shape index (κ1) is 18.1. The molecule has 0 saturated carbocycles. The molecule has 0 aromatic heterocycles. The van der Waals surface area contributed by atoms with E-state index in [2.05, 4.69) is 34.5 Å². The minimum Gasteiger partial charge on any atom is -0.401 e. The number of benzene rings is 2. The molecule has 0 bridgehead atoms. The van der Waals surface area contributed by atoms with Crippen molar-refractivity contribution in [2.75, 3.05) is 31.6 Å². The summed E-state index contributed by atoms with van der Waals surface area (Å²) in [6.45, 7) is 3.31. The molecule has 1 aliphatic heterocycles. The molecule has 0 radical (unpaired) electrons. The summed E-state index contributed by atoms with van der Waals surface area (Å²) in [6.07, 6.45) is 0.775. The van der Waals surface area contributed by atoms with Crippen molar-refractivity contribution < 1.29 is 25.8 Å². The van der Waals surface area contributed by atoms with Crippen LogP contribution >= 0.6 is 12.2 Å². The number of nitrogens with zero attached hydrogens (tertiary/aromatic N) is 1. The zero-order chi connectivity index (χ0) is 15.2. The summed E-state index contributed by atoms with van der Waals surface area (Å²) in [5, 5.41) is 3.31. The van der Waals surface area contributed by atoms with E-state index in [9.17, 15) is 0 Å². The second-order valence-corrected chi connectivity index (χ2v) is 5.65. The fraction of sp³-hybridized carbons (Fsp3) is 0.278. The Balaban J connectivity index is 0.00000192. The molecule has 0 unspecified atom stereocenters. The third-order valence-corrected chi connectivity index (χ3v) is 3.97. The largest absolute Gasteiger partial charge is 2.00 e. The van der Waals surface area contributed by atoms with Crippen LogP contribution in [0.1, 0.15) is 5.56 Å². The summed E-state index contributed by atoms with van der Waals surface area (Å²) in [5.41, 5.74) is 3.06. The molecule has 2 aromatic rings. The third kappa shape index (κ3) is 5.42. The van der Waals surface area contributed by atoms with Crippen molar-refractivity contribution in [2.24, 2.45) is 0 Å². The van der Waals surface area contributed by atoms with E-state index >= 15 is 0 Å². The summed E-state index contributed by atoms with van der Waals surface area (Å²) in [5.74, 6) is 0. The number of para-hydroxylation sites is 1. The number of hydrogen-bond donors (Lipinski definition) is 1. The molecule has 1 heterocycles. The van der Waals surface area contributed by atoms with Gasteiger partial charge in [-0.3, -0.25) is 0 Å². The van der Waals surface area contributed by atoms with E-state index < -0.39 is 0 Å². The van der Waals surface area contributed by atoms with Gasteiger partial charge in [-0.15, -0.1) is 17.7 Å². The summed E-state index contributed by atoms with van der Waals surface area (Å²) in [4.78, 5) is 3.21. The SMILES string of the molecule is S=C(Cc1cc[c-]c(Nc2[c-]cccc2)c1)N1CCOCC1.[W+2]. The Hall–Kier alpha value is -1.22. The van der Waals surface area contributed by atoms with Gasteiger partial charge in [0.05, 0.1) is 18.2 Å². The van der Waals surface area contributed by atoms with Gasteiger partial charge in [0, 0.05) is 19.5 Å². The van der Waals surface area contributed by atoms with Crippen molar-refractivity contribution >= 4 is 28.6 Å². The number of rotatable bonds is 4. The average Bonchev–Trinajstić information content (AvgIpc) is 2.57. The molecular formula is C18H18N2OSW. The Morgan fingerprint density at radius 3 is 2.65 bits per heavy atom. The molecule has 0 atom stereocenters. The quantitative estimate of drug-likeness (QED) is 0.522. The first-order valence-corrected chi connectivity index (χ1v) is 7.82. The predicted octanol–water partition coefficient (Wildman–Crippen LogP) is 3.23. The van der Waals surface area contributed by atoms with Crippen molar-refractivity contribution in [3.8, 4) is 0 Å². The van der Waals surface area contributed by atoms with Crippen molar-refractivity contribution in [2.45, 2.75) is 6.42 Å². The van der Waals surface area contributed by atoms with Crippen LogP contribution in [0.3, 0.4) is 0 Å². The smallest absolute Gasteiger partial charge is 0.401 e. The van der Waals surface area contributed by atoms with Gasteiger partial charge in [-0.2, -0.15) is 42.5 Å². The fourth-order valence-electron chi connectivity index (χ4n) is 2.41. The maximum Gasteiger partial charge on any atom is 2.00 e. The van der Waals surface area contributed by atoms with Gasteiger partial charge in [-0.05, 0) is 0 Å². The standard InChI is InChI=1S/C18H18N2OS.W/c22-18(20-9-11-21-12-10-20)14-15-5-4-8-17(13-15)19-16-6-2-1-3-7-16;/h1-6,13,19H,9-12,14H2;/q-2;+2. The Bertz CT molecular complexity index is 630. The summed E-state index contributed by atoms with van der Waals surface area (Å²) in [7, 11) is 0. The molecule has 0 amide bonds. The van der Waals surface area contributed by atoms with Gasteiger partial charge in [0.25, 0.3) is 0 Å². The Kier molecular flexibility index (Phi) is 7.22. The van der Waals surface area contributed by atoms with Crippen LogP contribution in [0.25, 0.3) is 0 Å². The van der Waals surface area contributed by atoms with Gasteiger partial charge in [0.1, 0.15) is 0 Å². The van der Waals surface area contributed by atoms with E-state index in [4.69, 9.17) is 17.0 Å². The van der Waals surface area contributed by atoms with E-state index in [1.807, 2.05) is 30.3 Å². The minimum absolute atomic E-state index is 0. The second kappa shape index (κ2) is 9.17. The fourth-order valence-corrected chi connectivity index (χ4v) is 2.76. The van der Waals surface area contributed by atoms with Crippen LogP contribution < -0.4 is 5.32 Å². The first-order chi connectivity index (χ1) is 10.8. The zero-order valence-corrected chi connectivity index (χ0v) is 16.5. The molecule has 23 heavy (non-hydrogen) atoms. The van der Waals surface area contributed by atoms with Crippen LogP contribution in [0.15, 0.2) is 42.5 Å². The number of hydrogen-bond acceptors (Lipinski definition) is 3. The molecule has 1 N–H and O–H groups in total. The third-order valence-electron chi connectivity index (χ3n) is 3.56. The number of anilines is 2. The molecule has 5 heteroatoms. The summed E-state index contributed by atoms with van der Waals surface area (Å²) >= 11 is 5.56. The Morgan fingerprint density at radius 2 is 1.91 bits per heavy atom. The van der Waals surface area contributed by atoms with E-state index in [0.29, 0.717) is 0 Å². The molecule has 3 rings (SSSR count). The zero-order valence-electron chi connectivity index (χ0n) is 12.7. The first-order valence-electron chi connectivity index (χ1n) is 7.41. The molecule has 1 fully saturated rings. The van der Waals surface area contributed by atoms with Gasteiger partial charge in [0.2, 0.25) is 0 Å². The summed E-state index contributed by atoms with van der Waals surface area (Å²) in [6, 6.07) is 20.2. The topological polar surface area (TPSA) is 24.5 Å². The molecule has 1 saturated heterocycles. The molecular weight excluding hydrogens is 476 g/mol.